The number of benzene rings is 1. The van der Waals surface area contributed by atoms with E-state index in [9.17, 15) is 24.0 Å². The van der Waals surface area contributed by atoms with Crippen LogP contribution in [0, 0.1) is 0 Å². The Kier molecular flexibility index (Phi) is 7.04. The van der Waals surface area contributed by atoms with Crippen molar-refractivity contribution in [3.05, 3.63) is 35.4 Å². The molecule has 0 spiro atoms. The molecule has 0 fully saturated rings. The summed E-state index contributed by atoms with van der Waals surface area (Å²) in [6.45, 7) is 0.999. The Balaban J connectivity index is 1.79. The van der Waals surface area contributed by atoms with Crippen LogP contribution in [0.3, 0.4) is 0 Å². The van der Waals surface area contributed by atoms with Crippen molar-refractivity contribution in [2.75, 3.05) is 26.2 Å². The number of hydrogen-bond acceptors (Lipinski definition) is 6. The lowest BCUT2D eigenvalue weighted by Crippen LogP contribution is -2.46. The molecule has 0 radical (unpaired) electrons. The van der Waals surface area contributed by atoms with Gasteiger partial charge in [0.1, 0.15) is 6.54 Å². The van der Waals surface area contributed by atoms with Gasteiger partial charge in [-0.1, -0.05) is 25.1 Å². The topological polar surface area (TPSA) is 122 Å². The van der Waals surface area contributed by atoms with Gasteiger partial charge >= 0.3 is 5.97 Å². The maximum Gasteiger partial charge on any atom is 0.326 e. The zero-order chi connectivity index (χ0) is 19.8. The molecule has 1 aliphatic heterocycles. The van der Waals surface area contributed by atoms with Crippen LogP contribution in [-0.4, -0.2) is 60.7 Å². The number of carbonyl (C=O) groups excluding carboxylic acids is 5. The Morgan fingerprint density at radius 1 is 1.11 bits per heavy atom. The molecule has 2 rings (SSSR count). The standard InChI is InChI=1S/C18H21N3O6/c1-2-7-19-14(22)9-20-15(23)11-27-17(25)10-21-16(24)8-12-5-3-4-6-13(12)18(21)26/h3-6H,2,7-11H2,1H3,(H,19,22)(H,20,23). The Hall–Kier alpha value is -3.23. The summed E-state index contributed by atoms with van der Waals surface area (Å²) in [6, 6.07) is 6.66. The van der Waals surface area contributed by atoms with Crippen LogP contribution in [0.15, 0.2) is 24.3 Å². The Bertz CT molecular complexity index is 761. The van der Waals surface area contributed by atoms with E-state index in [0.717, 1.165) is 11.3 Å². The quantitative estimate of drug-likeness (QED) is 0.462. The molecule has 1 aromatic carbocycles. The van der Waals surface area contributed by atoms with Crippen molar-refractivity contribution in [2.45, 2.75) is 19.8 Å². The first-order chi connectivity index (χ1) is 12.9. The Morgan fingerprint density at radius 2 is 1.85 bits per heavy atom. The third-order valence-electron chi connectivity index (χ3n) is 3.81. The van der Waals surface area contributed by atoms with Crippen LogP contribution >= 0.6 is 0 Å². The van der Waals surface area contributed by atoms with Gasteiger partial charge in [0.15, 0.2) is 6.61 Å². The van der Waals surface area contributed by atoms with E-state index in [4.69, 9.17) is 4.74 Å². The van der Waals surface area contributed by atoms with Crippen LogP contribution < -0.4 is 10.6 Å². The summed E-state index contributed by atoms with van der Waals surface area (Å²) >= 11 is 0. The largest absolute Gasteiger partial charge is 0.454 e. The number of amides is 4. The maximum atomic E-state index is 12.3. The lowest BCUT2D eigenvalue weighted by molar-refractivity contribution is -0.151. The normalized spacial score (nSPS) is 13.0. The molecule has 1 aliphatic rings. The van der Waals surface area contributed by atoms with E-state index in [1.165, 1.54) is 0 Å². The van der Waals surface area contributed by atoms with Crippen molar-refractivity contribution in [1.82, 2.24) is 15.5 Å². The molecule has 9 heteroatoms. The summed E-state index contributed by atoms with van der Waals surface area (Å²) < 4.78 is 4.78. The molecule has 0 saturated carbocycles. The Labute approximate surface area is 156 Å². The van der Waals surface area contributed by atoms with E-state index in [1.54, 1.807) is 24.3 Å². The average molecular weight is 375 g/mol. The van der Waals surface area contributed by atoms with Crippen LogP contribution in [0.25, 0.3) is 0 Å². The van der Waals surface area contributed by atoms with Crippen molar-refractivity contribution in [1.29, 1.82) is 0 Å². The second kappa shape index (κ2) is 9.46. The predicted octanol–water partition coefficient (Wildman–Crippen LogP) is -0.603. The monoisotopic (exact) mass is 375 g/mol. The molecule has 144 valence electrons. The first-order valence-corrected chi connectivity index (χ1v) is 8.54. The minimum Gasteiger partial charge on any atom is -0.454 e. The molecule has 2 N–H and O–H groups in total. The number of imide groups is 1. The number of ether oxygens (including phenoxy) is 1. The first-order valence-electron chi connectivity index (χ1n) is 8.54. The van der Waals surface area contributed by atoms with Crippen molar-refractivity contribution in [2.24, 2.45) is 0 Å². The van der Waals surface area contributed by atoms with Crippen LogP contribution in [0.1, 0.15) is 29.3 Å². The number of esters is 1. The summed E-state index contributed by atoms with van der Waals surface area (Å²) in [5.41, 5.74) is 0.971. The predicted molar refractivity (Wildman–Crippen MR) is 93.5 cm³/mol. The van der Waals surface area contributed by atoms with Crippen molar-refractivity contribution in [3.8, 4) is 0 Å². The van der Waals surface area contributed by atoms with Gasteiger partial charge in [-0.3, -0.25) is 28.9 Å². The first kappa shape index (κ1) is 20.1. The van der Waals surface area contributed by atoms with Crippen LogP contribution in [0.4, 0.5) is 0 Å². The minimum atomic E-state index is -0.887. The second-order valence-corrected chi connectivity index (χ2v) is 5.91. The zero-order valence-corrected chi connectivity index (χ0v) is 14.9. The van der Waals surface area contributed by atoms with Gasteiger partial charge in [-0.15, -0.1) is 0 Å². The molecule has 0 saturated heterocycles. The number of rotatable bonds is 8. The molecule has 1 heterocycles. The van der Waals surface area contributed by atoms with Gasteiger partial charge < -0.3 is 15.4 Å². The van der Waals surface area contributed by atoms with E-state index in [2.05, 4.69) is 10.6 Å². The summed E-state index contributed by atoms with van der Waals surface area (Å²) in [4.78, 5) is 60.1. The van der Waals surface area contributed by atoms with E-state index in [-0.39, 0.29) is 18.9 Å². The van der Waals surface area contributed by atoms with Gasteiger partial charge in [0.05, 0.1) is 13.0 Å². The zero-order valence-electron chi connectivity index (χ0n) is 14.9. The van der Waals surface area contributed by atoms with Gasteiger partial charge in [0, 0.05) is 12.1 Å². The maximum absolute atomic E-state index is 12.3. The van der Waals surface area contributed by atoms with E-state index < -0.39 is 36.8 Å². The summed E-state index contributed by atoms with van der Waals surface area (Å²) in [7, 11) is 0. The van der Waals surface area contributed by atoms with Gasteiger partial charge in [-0.05, 0) is 18.1 Å². The summed E-state index contributed by atoms with van der Waals surface area (Å²) in [5, 5.41) is 4.89. The van der Waals surface area contributed by atoms with Crippen molar-refractivity contribution in [3.63, 3.8) is 0 Å². The lowest BCUT2D eigenvalue weighted by Gasteiger charge is -2.25. The second-order valence-electron chi connectivity index (χ2n) is 5.91. The fourth-order valence-electron chi connectivity index (χ4n) is 2.44. The number of nitrogens with one attached hydrogen (secondary N) is 2. The molecule has 0 aliphatic carbocycles. The van der Waals surface area contributed by atoms with E-state index in [1.807, 2.05) is 6.92 Å². The van der Waals surface area contributed by atoms with E-state index >= 15 is 0 Å². The van der Waals surface area contributed by atoms with Crippen LogP contribution in [-0.2, 0) is 30.3 Å². The highest BCUT2D eigenvalue weighted by molar-refractivity contribution is 6.11. The lowest BCUT2D eigenvalue weighted by atomic mass is 9.98. The van der Waals surface area contributed by atoms with Gasteiger partial charge in [0.25, 0.3) is 11.8 Å². The van der Waals surface area contributed by atoms with Crippen molar-refractivity contribution >= 4 is 29.6 Å². The van der Waals surface area contributed by atoms with Gasteiger partial charge in [-0.2, -0.15) is 0 Å². The highest BCUT2D eigenvalue weighted by Crippen LogP contribution is 2.19. The van der Waals surface area contributed by atoms with E-state index in [0.29, 0.717) is 17.7 Å². The molecule has 1 aromatic rings. The smallest absolute Gasteiger partial charge is 0.326 e. The minimum absolute atomic E-state index is 0.0164. The SMILES string of the molecule is CCCNC(=O)CNC(=O)COC(=O)CN1C(=O)Cc2ccccc2C1=O. The van der Waals surface area contributed by atoms with Crippen LogP contribution in [0.5, 0.6) is 0 Å². The van der Waals surface area contributed by atoms with Crippen molar-refractivity contribution < 1.29 is 28.7 Å². The number of nitrogens with zero attached hydrogens (tertiary/aromatic N) is 1. The highest BCUT2D eigenvalue weighted by atomic mass is 16.5. The summed E-state index contributed by atoms with van der Waals surface area (Å²) in [6.07, 6.45) is 0.790. The molecule has 9 nitrogen and oxygen atoms in total. The summed E-state index contributed by atoms with van der Waals surface area (Å²) in [5.74, 6) is -2.97. The number of carbonyl (C=O) groups is 5. The molecular weight excluding hydrogens is 354 g/mol. The third-order valence-corrected chi connectivity index (χ3v) is 3.81. The van der Waals surface area contributed by atoms with Crippen LogP contribution in [0.2, 0.25) is 0 Å². The van der Waals surface area contributed by atoms with Gasteiger partial charge in [-0.25, -0.2) is 0 Å². The molecule has 4 amide bonds. The fraction of sp³-hybridized carbons (Fsp3) is 0.389. The fourth-order valence-corrected chi connectivity index (χ4v) is 2.44. The molecule has 0 unspecified atom stereocenters. The Morgan fingerprint density at radius 3 is 2.59 bits per heavy atom. The van der Waals surface area contributed by atoms with Gasteiger partial charge in [0.2, 0.25) is 11.8 Å². The molecule has 0 bridgehead atoms. The molecule has 0 atom stereocenters. The third kappa shape index (κ3) is 5.63. The number of hydrogen-bond donors (Lipinski definition) is 2. The molecule has 27 heavy (non-hydrogen) atoms. The average Bonchev–Trinajstić information content (AvgIpc) is 2.66. The number of fused-ring (bicyclic) bond motifs is 1. The highest BCUT2D eigenvalue weighted by Gasteiger charge is 2.32. The molecular formula is C18H21N3O6. The molecule has 0 aromatic heterocycles.